The number of phosphoric acid groups is 5. The Morgan fingerprint density at radius 1 is 0.536 bits per heavy atom. The third-order valence-corrected chi connectivity index (χ3v) is 21.4. The SMILES string of the molecule is COC1C(OP(=O)(O)OCC2OC(n3cnc4c(=O)[nH]c(N)nc43)C(O)C2OP(=O)(O)OCC2OC(n3cnc4c(=O)[nH]c(N)nc43)C(O)C2O)C(COP(=O)(O)OP(=O)(O)OP(=O)(O)OCC2OC([n+]3cn(C)c4c(=O)[nH]cnc43)C(O)C2O)OC1n1cnc2c(N)ncnc21. The van der Waals surface area contributed by atoms with E-state index in [2.05, 4.69) is 63.4 Å². The summed E-state index contributed by atoms with van der Waals surface area (Å²) in [5.41, 5.74) is 14.0. The Kier molecular flexibility index (Phi) is 19.1. The zero-order chi connectivity index (χ0) is 69.7. The van der Waals surface area contributed by atoms with Crippen molar-refractivity contribution in [2.75, 3.05) is 50.7 Å². The highest BCUT2D eigenvalue weighted by Gasteiger charge is 2.56. The number of rotatable bonds is 25. The van der Waals surface area contributed by atoms with Gasteiger partial charge in [0.25, 0.3) is 16.7 Å². The van der Waals surface area contributed by atoms with Gasteiger partial charge in [-0.05, 0) is 0 Å². The number of hydrogen-bond donors (Lipinski definition) is 16. The van der Waals surface area contributed by atoms with E-state index in [9.17, 15) is 87.2 Å². The largest absolute Gasteiger partial charge is 0.490 e. The Morgan fingerprint density at radius 3 is 1.59 bits per heavy atom. The lowest BCUT2D eigenvalue weighted by molar-refractivity contribution is -0.745. The zero-order valence-electron chi connectivity index (χ0n) is 48.9. The Morgan fingerprint density at radius 2 is 1.01 bits per heavy atom. The van der Waals surface area contributed by atoms with Crippen molar-refractivity contribution in [2.45, 2.75) is 98.2 Å². The molecular formula is C42H55N19O31P5+. The molecule has 8 aromatic heterocycles. The van der Waals surface area contributed by atoms with Gasteiger partial charge in [-0.1, -0.05) is 4.98 Å². The summed E-state index contributed by atoms with van der Waals surface area (Å²) in [4.78, 5) is 131. The summed E-state index contributed by atoms with van der Waals surface area (Å²) >= 11 is 0. The predicted octanol–water partition coefficient (Wildman–Crippen LogP) is -5.82. The van der Waals surface area contributed by atoms with Gasteiger partial charge in [0.2, 0.25) is 23.6 Å². The molecule has 0 radical (unpaired) electrons. The van der Waals surface area contributed by atoms with Crippen LogP contribution < -0.4 is 38.4 Å². The molecule has 4 aliphatic heterocycles. The van der Waals surface area contributed by atoms with E-state index in [0.29, 0.717) is 0 Å². The quantitative estimate of drug-likeness (QED) is 0.0187. The number of nitrogens with two attached hydrogens (primary N) is 3. The number of fused-ring (bicyclic) bond motifs is 4. The summed E-state index contributed by atoms with van der Waals surface area (Å²) in [6.45, 7) is -4.93. The van der Waals surface area contributed by atoms with Crippen molar-refractivity contribution in [3.63, 3.8) is 0 Å². The lowest BCUT2D eigenvalue weighted by Gasteiger charge is -2.27. The fourth-order valence-corrected chi connectivity index (χ4v) is 16.3. The van der Waals surface area contributed by atoms with Crippen LogP contribution in [0.1, 0.15) is 24.9 Å². The van der Waals surface area contributed by atoms with Gasteiger partial charge in [0.15, 0.2) is 65.1 Å². The third-order valence-electron chi connectivity index (χ3n) is 15.2. The molecule has 0 saturated carbocycles. The molecule has 19 N–H and O–H groups in total. The van der Waals surface area contributed by atoms with E-state index in [-0.39, 0.29) is 56.4 Å². The van der Waals surface area contributed by atoms with E-state index in [4.69, 9.17) is 68.0 Å². The minimum absolute atomic E-state index is 0.0173. The molecule has 4 fully saturated rings. The molecule has 0 aromatic carbocycles. The molecule has 8 aromatic rings. The number of aromatic amines is 3. The summed E-state index contributed by atoms with van der Waals surface area (Å²) in [6.07, 6.45) is -23.1. The van der Waals surface area contributed by atoms with Crippen LogP contribution in [0.25, 0.3) is 44.7 Å². The van der Waals surface area contributed by atoms with Crippen molar-refractivity contribution in [1.82, 2.24) is 73.1 Å². The van der Waals surface area contributed by atoms with Crippen molar-refractivity contribution in [1.29, 1.82) is 0 Å². The van der Waals surface area contributed by atoms with Gasteiger partial charge in [0.1, 0.15) is 85.1 Å². The summed E-state index contributed by atoms with van der Waals surface area (Å²) in [6, 6.07) is 0. The molecule has 4 aliphatic rings. The predicted molar refractivity (Wildman–Crippen MR) is 308 cm³/mol. The maximum Gasteiger partial charge on any atom is 0.490 e. The maximum absolute atomic E-state index is 14.3. The first kappa shape index (κ1) is 70.1. The number of hydrogen-bond acceptors (Lipinski definition) is 37. The second-order valence-corrected chi connectivity index (χ2v) is 28.9. The number of nitrogen functional groups attached to an aromatic ring is 3. The number of aliphatic hydroxyl groups is 5. The molecule has 0 amide bonds. The molecule has 12 heterocycles. The number of methoxy groups -OCH3 is 1. The molecule has 528 valence electrons. The van der Waals surface area contributed by atoms with Crippen LogP contribution in [0.4, 0.5) is 17.7 Å². The number of aromatic nitrogens is 16. The second kappa shape index (κ2) is 26.4. The van der Waals surface area contributed by atoms with E-state index in [1.165, 1.54) is 17.9 Å². The standard InChI is InChI=1S/C42H54N19O31P5/c1-57-12-61(33-20(57)36(69)49-8-48-33)38-24(65)22(63)14(86-38)4-83-95(74,75)91-97(78,79)92-96(76,77)84-6-16-27(28(80-2)40(88-16)58-9-50-17-29(43)46-7-47-30(17)58)90-94(72,73)82-5-15-26(25(66)39(87-15)60-11-52-19-32(60)54-42(45)56-35(19)68)89-93(70,71)81-3-13-21(62)23(64)37(85-13)59-10-51-18-31(59)53-41(44)55-34(18)67/h7-16,21-28,37-40,62-66H,3-6H2,1-2H3,(H13-,43,44,45,46,47,48,49,53,54,55,56,67,68,69,70,71,72,73,74,75,76,77,78,79)/p+1. The van der Waals surface area contributed by atoms with Crippen molar-refractivity contribution in [3.8, 4) is 0 Å². The Bertz CT molecular complexity index is 4760. The second-order valence-electron chi connectivity index (χ2n) is 21.4. The number of anilines is 3. The number of imidazole rings is 4. The van der Waals surface area contributed by atoms with Crippen LogP contribution in [0.2, 0.25) is 0 Å². The van der Waals surface area contributed by atoms with E-state index < -0.39 is 186 Å². The number of ether oxygens (including phenoxy) is 5. The number of H-pyrrole nitrogens is 3. The smallest absolute Gasteiger partial charge is 0.387 e. The lowest BCUT2D eigenvalue weighted by atomic mass is 10.1. The molecular weight excluding hydrogens is 1420 g/mol. The molecule has 21 unspecified atom stereocenters. The minimum atomic E-state index is -6.31. The maximum atomic E-state index is 14.3. The highest BCUT2D eigenvalue weighted by Crippen LogP contribution is 2.68. The van der Waals surface area contributed by atoms with Gasteiger partial charge in [-0.3, -0.25) is 74.7 Å². The van der Waals surface area contributed by atoms with Crippen LogP contribution in [-0.2, 0) is 89.3 Å². The van der Waals surface area contributed by atoms with Gasteiger partial charge in [-0.2, -0.15) is 18.6 Å². The molecule has 0 bridgehead atoms. The Labute approximate surface area is 535 Å². The summed E-state index contributed by atoms with van der Waals surface area (Å²) in [7, 11) is -27.3. The fourth-order valence-electron chi connectivity index (χ4n) is 10.9. The molecule has 0 aliphatic carbocycles. The molecule has 21 atom stereocenters. The third kappa shape index (κ3) is 14.0. The number of nitrogens with one attached hydrogen (secondary N) is 3. The topological polar surface area (TPSA) is 711 Å². The number of aryl methyl sites for hydroxylation is 1. The number of nitrogens with zero attached hydrogens (tertiary/aromatic N) is 13. The first-order valence-electron chi connectivity index (χ1n) is 27.5. The summed E-state index contributed by atoms with van der Waals surface area (Å²) in [5, 5.41) is 55.4. The monoisotopic (exact) mass is 1480 g/mol. The van der Waals surface area contributed by atoms with Crippen molar-refractivity contribution in [2.24, 2.45) is 7.05 Å². The first-order valence-corrected chi connectivity index (χ1v) is 35.0. The average Bonchev–Trinajstić information content (AvgIpc) is 1.63. The highest BCUT2D eigenvalue weighted by molar-refractivity contribution is 7.66. The molecule has 0 spiro atoms. The van der Waals surface area contributed by atoms with E-state index in [1.54, 1.807) is 0 Å². The molecule has 55 heteroatoms. The molecule has 4 saturated heterocycles. The van der Waals surface area contributed by atoms with E-state index in [0.717, 1.165) is 57.0 Å². The minimum Gasteiger partial charge on any atom is -0.387 e. The van der Waals surface area contributed by atoms with Crippen molar-refractivity contribution in [3.05, 3.63) is 69.0 Å². The van der Waals surface area contributed by atoms with Crippen molar-refractivity contribution >= 4 is 101 Å². The van der Waals surface area contributed by atoms with Gasteiger partial charge in [0, 0.05) is 7.11 Å². The van der Waals surface area contributed by atoms with Crippen LogP contribution in [0.3, 0.4) is 0 Å². The molecule has 12 rings (SSSR count). The zero-order valence-corrected chi connectivity index (χ0v) is 53.3. The normalized spacial score (nSPS) is 30.9. The van der Waals surface area contributed by atoms with Crippen LogP contribution in [-0.4, -0.2) is 230 Å². The van der Waals surface area contributed by atoms with Gasteiger partial charge >= 0.3 is 44.8 Å². The fraction of sp³-hybridized carbons (Fsp3) is 0.524. The van der Waals surface area contributed by atoms with Crippen LogP contribution in [0.15, 0.2) is 52.3 Å². The first-order chi connectivity index (χ1) is 45.6. The van der Waals surface area contributed by atoms with Gasteiger partial charge < -0.3 is 90.9 Å². The highest BCUT2D eigenvalue weighted by atomic mass is 31.3. The summed E-state index contributed by atoms with van der Waals surface area (Å²) in [5.74, 6) is -0.963. The summed E-state index contributed by atoms with van der Waals surface area (Å²) < 4.78 is 142. The van der Waals surface area contributed by atoms with Gasteiger partial charge in [-0.15, -0.1) is 0 Å². The van der Waals surface area contributed by atoms with E-state index in [1.807, 2.05) is 0 Å². The molecule has 50 nitrogen and oxygen atoms in total. The van der Waals surface area contributed by atoms with Gasteiger partial charge in [0.05, 0.1) is 52.5 Å². The number of aliphatic hydroxyl groups excluding tert-OH is 5. The lowest BCUT2D eigenvalue weighted by Crippen LogP contribution is -2.46. The number of phosphoric ester groups is 4. The van der Waals surface area contributed by atoms with Crippen molar-refractivity contribution < 1.29 is 137 Å². The Balaban J connectivity index is 0.741. The van der Waals surface area contributed by atoms with Gasteiger partial charge in [-0.25, -0.2) is 52.3 Å². The molecule has 97 heavy (non-hydrogen) atoms. The van der Waals surface area contributed by atoms with E-state index >= 15 is 0 Å². The van der Waals surface area contributed by atoms with Crippen LogP contribution >= 0.6 is 39.1 Å². The van der Waals surface area contributed by atoms with Crippen LogP contribution in [0, 0.1) is 0 Å². The Hall–Kier alpha value is -6.77. The average molecular weight is 1480 g/mol. The van der Waals surface area contributed by atoms with Crippen LogP contribution in [0.5, 0.6) is 0 Å².